The Morgan fingerprint density at radius 1 is 1.32 bits per heavy atom. The lowest BCUT2D eigenvalue weighted by atomic mass is 9.77. The van der Waals surface area contributed by atoms with Gasteiger partial charge in [-0.25, -0.2) is 15.0 Å². The van der Waals surface area contributed by atoms with E-state index < -0.39 is 0 Å². The van der Waals surface area contributed by atoms with Gasteiger partial charge in [-0.1, -0.05) is 0 Å². The summed E-state index contributed by atoms with van der Waals surface area (Å²) in [6, 6.07) is 0. The molecule has 0 atom stereocenters. The molecule has 1 amide bonds. The van der Waals surface area contributed by atoms with Crippen LogP contribution in [-0.4, -0.2) is 25.3 Å². The number of fused-ring (bicyclic) bond motifs is 1. The van der Waals surface area contributed by atoms with E-state index in [2.05, 4.69) is 20.3 Å². The molecule has 1 aliphatic carbocycles. The van der Waals surface area contributed by atoms with E-state index in [1.165, 1.54) is 0 Å². The molecule has 3 aromatic rings. The summed E-state index contributed by atoms with van der Waals surface area (Å²) in [5.41, 5.74) is 1.59. The molecule has 1 saturated carbocycles. The van der Waals surface area contributed by atoms with Crippen LogP contribution in [0.4, 0.5) is 0 Å². The minimum Gasteiger partial charge on any atom is -0.339 e. The van der Waals surface area contributed by atoms with Crippen molar-refractivity contribution in [3.8, 4) is 0 Å². The molecule has 4 rings (SSSR count). The molecule has 3 heterocycles. The van der Waals surface area contributed by atoms with Crippen molar-refractivity contribution in [2.45, 2.75) is 31.7 Å². The minimum atomic E-state index is -0.336. The lowest BCUT2D eigenvalue weighted by Crippen LogP contribution is -2.51. The van der Waals surface area contributed by atoms with Crippen molar-refractivity contribution in [1.29, 1.82) is 0 Å². The third-order valence-electron chi connectivity index (χ3n) is 4.11. The first-order valence-electron chi connectivity index (χ1n) is 7.21. The number of amides is 1. The molecule has 0 spiro atoms. The van der Waals surface area contributed by atoms with Gasteiger partial charge < -0.3 is 9.72 Å². The summed E-state index contributed by atoms with van der Waals surface area (Å²) in [7, 11) is 0. The first-order chi connectivity index (χ1) is 10.7. The SMILES string of the molecule is Cc1csc(C2(NC(=O)c3nccn4ccnc34)CCC2)n1. The van der Waals surface area contributed by atoms with Crippen LogP contribution >= 0.6 is 11.3 Å². The van der Waals surface area contributed by atoms with Gasteiger partial charge in [0.05, 0.1) is 5.54 Å². The first-order valence-corrected chi connectivity index (χ1v) is 8.09. The molecule has 1 fully saturated rings. The standard InChI is InChI=1S/C15H15N5OS/c1-10-9-22-14(18-10)15(3-2-4-15)19-13(21)11-12-17-6-8-20(12)7-5-16-11/h5-9H,2-4H2,1H3,(H,19,21). The summed E-state index contributed by atoms with van der Waals surface area (Å²) in [5, 5.41) is 6.16. The first kappa shape index (κ1) is 13.4. The third kappa shape index (κ3) is 2.00. The second kappa shape index (κ2) is 4.88. The number of nitrogens with zero attached hydrogens (tertiary/aromatic N) is 4. The summed E-state index contributed by atoms with van der Waals surface area (Å²) in [6.45, 7) is 1.97. The quantitative estimate of drug-likeness (QED) is 0.805. The smallest absolute Gasteiger partial charge is 0.274 e. The van der Waals surface area contributed by atoms with E-state index in [0.717, 1.165) is 30.0 Å². The zero-order valence-corrected chi connectivity index (χ0v) is 12.9. The number of hydrogen-bond donors (Lipinski definition) is 1. The van der Waals surface area contributed by atoms with Gasteiger partial charge in [-0.05, 0) is 26.2 Å². The Bertz CT molecular complexity index is 848. The van der Waals surface area contributed by atoms with Crippen molar-refractivity contribution in [1.82, 2.24) is 24.7 Å². The Kier molecular flexibility index (Phi) is 2.97. The number of carbonyl (C=O) groups is 1. The molecule has 3 aromatic heterocycles. The Morgan fingerprint density at radius 3 is 2.73 bits per heavy atom. The summed E-state index contributed by atoms with van der Waals surface area (Å²) in [5.74, 6) is -0.190. The summed E-state index contributed by atoms with van der Waals surface area (Å²) in [6.07, 6.45) is 9.80. The van der Waals surface area contributed by atoms with Crippen LogP contribution in [0, 0.1) is 6.92 Å². The Morgan fingerprint density at radius 2 is 2.09 bits per heavy atom. The summed E-state index contributed by atoms with van der Waals surface area (Å²) >= 11 is 1.61. The number of hydrogen-bond acceptors (Lipinski definition) is 5. The Hall–Kier alpha value is -2.28. The zero-order chi connectivity index (χ0) is 15.2. The molecular formula is C15H15N5OS. The van der Waals surface area contributed by atoms with Gasteiger partial charge in [0.25, 0.3) is 5.91 Å². The second-order valence-electron chi connectivity index (χ2n) is 5.62. The average molecular weight is 313 g/mol. The van der Waals surface area contributed by atoms with E-state index in [4.69, 9.17) is 0 Å². The Labute approximate surface area is 131 Å². The summed E-state index contributed by atoms with van der Waals surface area (Å²) in [4.78, 5) is 25.7. The number of carbonyl (C=O) groups excluding carboxylic acids is 1. The van der Waals surface area contributed by atoms with Crippen molar-refractivity contribution in [3.63, 3.8) is 0 Å². The molecule has 0 radical (unpaired) electrons. The van der Waals surface area contributed by atoms with E-state index in [9.17, 15) is 4.79 Å². The molecule has 6 nitrogen and oxygen atoms in total. The fourth-order valence-corrected chi connectivity index (χ4v) is 3.80. The highest BCUT2D eigenvalue weighted by atomic mass is 32.1. The molecule has 112 valence electrons. The fourth-order valence-electron chi connectivity index (χ4n) is 2.79. The molecule has 0 saturated heterocycles. The number of thiazole rings is 1. The van der Waals surface area contributed by atoms with Gasteiger partial charge in [0.1, 0.15) is 5.01 Å². The van der Waals surface area contributed by atoms with Crippen molar-refractivity contribution in [2.75, 3.05) is 0 Å². The lowest BCUT2D eigenvalue weighted by molar-refractivity contribution is 0.0818. The van der Waals surface area contributed by atoms with Crippen LogP contribution < -0.4 is 5.32 Å². The van der Waals surface area contributed by atoms with Crippen LogP contribution in [0.2, 0.25) is 0 Å². The van der Waals surface area contributed by atoms with Gasteiger partial charge in [-0.15, -0.1) is 11.3 Å². The van der Waals surface area contributed by atoms with Crippen molar-refractivity contribution >= 4 is 22.9 Å². The number of imidazole rings is 1. The predicted molar refractivity (Wildman–Crippen MR) is 82.8 cm³/mol. The van der Waals surface area contributed by atoms with Gasteiger partial charge in [-0.3, -0.25) is 4.79 Å². The molecule has 0 aromatic carbocycles. The van der Waals surface area contributed by atoms with Gasteiger partial charge >= 0.3 is 0 Å². The van der Waals surface area contributed by atoms with E-state index in [1.807, 2.05) is 12.3 Å². The van der Waals surface area contributed by atoms with E-state index in [-0.39, 0.29) is 11.4 Å². The Balaban J connectivity index is 1.67. The zero-order valence-electron chi connectivity index (χ0n) is 12.1. The van der Waals surface area contributed by atoms with Crippen LogP contribution in [0.5, 0.6) is 0 Å². The molecule has 0 unspecified atom stereocenters. The summed E-state index contributed by atoms with van der Waals surface area (Å²) < 4.78 is 1.79. The molecule has 0 bridgehead atoms. The highest BCUT2D eigenvalue weighted by Gasteiger charge is 2.43. The van der Waals surface area contributed by atoms with E-state index >= 15 is 0 Å². The molecule has 1 aliphatic rings. The topological polar surface area (TPSA) is 72.2 Å². The maximum atomic E-state index is 12.7. The molecule has 1 N–H and O–H groups in total. The molecular weight excluding hydrogens is 298 g/mol. The second-order valence-corrected chi connectivity index (χ2v) is 6.48. The normalized spacial score (nSPS) is 16.4. The third-order valence-corrected chi connectivity index (χ3v) is 5.28. The fraction of sp³-hybridized carbons (Fsp3) is 0.333. The van der Waals surface area contributed by atoms with Crippen LogP contribution in [0.3, 0.4) is 0 Å². The number of aromatic nitrogens is 4. The van der Waals surface area contributed by atoms with Crippen LogP contribution in [0.1, 0.15) is 40.5 Å². The number of aryl methyl sites for hydroxylation is 1. The highest BCUT2D eigenvalue weighted by molar-refractivity contribution is 7.09. The van der Waals surface area contributed by atoms with E-state index in [1.54, 1.807) is 40.5 Å². The number of rotatable bonds is 3. The number of nitrogens with one attached hydrogen (secondary N) is 1. The van der Waals surface area contributed by atoms with Crippen molar-refractivity contribution < 1.29 is 4.79 Å². The van der Waals surface area contributed by atoms with E-state index in [0.29, 0.717) is 11.3 Å². The largest absolute Gasteiger partial charge is 0.339 e. The molecule has 7 heteroatoms. The van der Waals surface area contributed by atoms with Gasteiger partial charge in [-0.2, -0.15) is 0 Å². The average Bonchev–Trinajstić information content (AvgIpc) is 3.10. The monoisotopic (exact) mass is 313 g/mol. The lowest BCUT2D eigenvalue weighted by Gasteiger charge is -2.40. The van der Waals surface area contributed by atoms with Crippen LogP contribution in [-0.2, 0) is 5.54 Å². The van der Waals surface area contributed by atoms with Gasteiger partial charge in [0.15, 0.2) is 11.3 Å². The molecule has 22 heavy (non-hydrogen) atoms. The molecule has 0 aliphatic heterocycles. The van der Waals surface area contributed by atoms with Crippen LogP contribution in [0.25, 0.3) is 5.65 Å². The predicted octanol–water partition coefficient (Wildman–Crippen LogP) is 2.30. The highest BCUT2D eigenvalue weighted by Crippen LogP contribution is 2.42. The minimum absolute atomic E-state index is 0.190. The van der Waals surface area contributed by atoms with Crippen LogP contribution in [0.15, 0.2) is 30.2 Å². The van der Waals surface area contributed by atoms with Crippen molar-refractivity contribution in [2.24, 2.45) is 0 Å². The van der Waals surface area contributed by atoms with Gasteiger partial charge in [0, 0.05) is 35.9 Å². The van der Waals surface area contributed by atoms with Crippen molar-refractivity contribution in [3.05, 3.63) is 46.6 Å². The maximum absolute atomic E-state index is 12.7. The maximum Gasteiger partial charge on any atom is 0.274 e. The van der Waals surface area contributed by atoms with Gasteiger partial charge in [0.2, 0.25) is 0 Å².